The van der Waals surface area contributed by atoms with Crippen LogP contribution in [0.5, 0.6) is 0 Å². The van der Waals surface area contributed by atoms with E-state index >= 15 is 0 Å². The van der Waals surface area contributed by atoms with Crippen molar-refractivity contribution in [2.75, 3.05) is 75.1 Å². The van der Waals surface area contributed by atoms with Gasteiger partial charge in [-0.25, -0.2) is 9.10 Å². The molecule has 0 aromatic heterocycles. The molecule has 2 aromatic rings. The first-order chi connectivity index (χ1) is 24.9. The van der Waals surface area contributed by atoms with Gasteiger partial charge in [-0.15, -0.1) is 0 Å². The highest BCUT2D eigenvalue weighted by molar-refractivity contribution is 7.97. The number of likely N-dealkylation sites (N-methyl/N-ethyl adjacent to an activating group) is 2. The minimum atomic E-state index is -0.528. The van der Waals surface area contributed by atoms with Crippen LogP contribution in [0.2, 0.25) is 0 Å². The van der Waals surface area contributed by atoms with E-state index < -0.39 is 11.6 Å². The molecule has 3 amide bonds. The second-order valence-corrected chi connectivity index (χ2v) is 16.4. The standard InChI is InChI=1S/C39H57N7O5S/c1-39(2,3)51-38(50)41-29-17-21-46(22-18-29)52-32-11-7-10-30(24-32)45-25-31(26-45)44-19-15-28(16-20-44)33-12-8-13-34(36(33)42(5)27-48)43(6)35(14-9-23-47)37(49)40-4/h7-8,10-13,23-24,27-29,31,35H,9,14-22,25-26H2,1-6H3,(H,40,49)(H,41,50). The molecule has 0 bridgehead atoms. The number of aldehydes is 1. The van der Waals surface area contributed by atoms with Crippen LogP contribution in [0.4, 0.5) is 21.9 Å². The minimum absolute atomic E-state index is 0.140. The number of likely N-dealkylation sites (tertiary alicyclic amines) is 1. The molecule has 3 aliphatic rings. The summed E-state index contributed by atoms with van der Waals surface area (Å²) in [6.45, 7) is 11.4. The topological polar surface area (TPSA) is 118 Å². The lowest BCUT2D eigenvalue weighted by Gasteiger charge is -2.49. The smallest absolute Gasteiger partial charge is 0.407 e. The summed E-state index contributed by atoms with van der Waals surface area (Å²) < 4.78 is 7.81. The van der Waals surface area contributed by atoms with Crippen molar-refractivity contribution in [3.8, 4) is 0 Å². The van der Waals surface area contributed by atoms with Crippen molar-refractivity contribution in [3.63, 3.8) is 0 Å². The Morgan fingerprint density at radius 1 is 1.00 bits per heavy atom. The van der Waals surface area contributed by atoms with E-state index in [0.29, 0.717) is 18.4 Å². The molecule has 3 fully saturated rings. The number of rotatable bonds is 14. The fourth-order valence-corrected chi connectivity index (χ4v) is 8.59. The first-order valence-electron chi connectivity index (χ1n) is 18.6. The highest BCUT2D eigenvalue weighted by Gasteiger charge is 2.36. The van der Waals surface area contributed by atoms with E-state index in [4.69, 9.17) is 4.74 Å². The summed E-state index contributed by atoms with van der Waals surface area (Å²) in [6.07, 6.45) is 5.78. The predicted molar refractivity (Wildman–Crippen MR) is 208 cm³/mol. The van der Waals surface area contributed by atoms with Gasteiger partial charge in [0, 0.05) is 76.4 Å². The van der Waals surface area contributed by atoms with Crippen LogP contribution in [0.25, 0.3) is 0 Å². The summed E-state index contributed by atoms with van der Waals surface area (Å²) >= 11 is 1.79. The zero-order chi connectivity index (χ0) is 37.4. The molecule has 1 atom stereocenters. The number of amides is 3. The molecule has 0 radical (unpaired) electrons. The average molecular weight is 736 g/mol. The van der Waals surface area contributed by atoms with Crippen molar-refractivity contribution in [2.45, 2.75) is 93.8 Å². The molecule has 5 rings (SSSR count). The second kappa shape index (κ2) is 17.8. The average Bonchev–Trinajstić information content (AvgIpc) is 3.10. The summed E-state index contributed by atoms with van der Waals surface area (Å²) in [4.78, 5) is 58.1. The van der Waals surface area contributed by atoms with Crippen LogP contribution < -0.4 is 25.3 Å². The van der Waals surface area contributed by atoms with E-state index in [1.54, 1.807) is 30.9 Å². The highest BCUT2D eigenvalue weighted by atomic mass is 32.2. The van der Waals surface area contributed by atoms with Crippen molar-refractivity contribution in [1.82, 2.24) is 19.8 Å². The Balaban J connectivity index is 1.13. The van der Waals surface area contributed by atoms with Gasteiger partial charge in [0.2, 0.25) is 12.3 Å². The molecule has 0 spiro atoms. The number of nitrogens with one attached hydrogen (secondary N) is 2. The monoisotopic (exact) mass is 735 g/mol. The normalized spacial score (nSPS) is 18.6. The van der Waals surface area contributed by atoms with E-state index in [-0.39, 0.29) is 24.5 Å². The lowest BCUT2D eigenvalue weighted by molar-refractivity contribution is -0.122. The Morgan fingerprint density at radius 2 is 1.69 bits per heavy atom. The number of ether oxygens (including phenoxy) is 1. The lowest BCUT2D eigenvalue weighted by atomic mass is 9.86. The van der Waals surface area contributed by atoms with Crippen molar-refractivity contribution >= 4 is 53.7 Å². The van der Waals surface area contributed by atoms with Crippen molar-refractivity contribution in [2.24, 2.45) is 0 Å². The van der Waals surface area contributed by atoms with Crippen LogP contribution in [0.1, 0.15) is 70.8 Å². The summed E-state index contributed by atoms with van der Waals surface area (Å²) in [5.74, 6) is 0.132. The lowest BCUT2D eigenvalue weighted by Crippen LogP contribution is -2.60. The number of anilines is 3. The van der Waals surface area contributed by atoms with E-state index in [2.05, 4.69) is 55.1 Å². The maximum atomic E-state index is 12.8. The van der Waals surface area contributed by atoms with Gasteiger partial charge in [-0.05, 0) is 114 Å². The Morgan fingerprint density at radius 3 is 2.33 bits per heavy atom. The molecular formula is C39H57N7O5S. The zero-order valence-corrected chi connectivity index (χ0v) is 32.5. The number of para-hydroxylation sites is 1. The SMILES string of the molecule is CNC(=O)C(CCC=O)N(C)c1cccc(C2CCN(C3CN(c4cccc(SN5CCC(NC(=O)OC(C)(C)C)CC5)c4)C3)CC2)c1N(C)C=O. The van der Waals surface area contributed by atoms with Crippen LogP contribution in [-0.4, -0.2) is 118 Å². The first-order valence-corrected chi connectivity index (χ1v) is 19.4. The minimum Gasteiger partial charge on any atom is -0.444 e. The number of piperidine rings is 2. The second-order valence-electron chi connectivity index (χ2n) is 15.2. The van der Waals surface area contributed by atoms with E-state index in [1.165, 1.54) is 10.6 Å². The van der Waals surface area contributed by atoms with E-state index in [1.807, 2.05) is 44.9 Å². The molecule has 3 saturated heterocycles. The Bertz CT molecular complexity index is 1530. The molecule has 52 heavy (non-hydrogen) atoms. The fraction of sp³-hybridized carbons (Fsp3) is 0.590. The summed E-state index contributed by atoms with van der Waals surface area (Å²) in [6, 6.07) is 15.0. The summed E-state index contributed by atoms with van der Waals surface area (Å²) in [5.41, 5.74) is 3.52. The molecule has 12 nitrogen and oxygen atoms in total. The molecule has 3 heterocycles. The van der Waals surface area contributed by atoms with Gasteiger partial charge >= 0.3 is 6.09 Å². The number of carbonyl (C=O) groups is 4. The third kappa shape index (κ3) is 9.99. The summed E-state index contributed by atoms with van der Waals surface area (Å²) in [5, 5.41) is 5.76. The number of alkyl carbamates (subject to hydrolysis) is 1. The van der Waals surface area contributed by atoms with Gasteiger partial charge in [0.15, 0.2) is 0 Å². The zero-order valence-electron chi connectivity index (χ0n) is 31.7. The number of carbonyl (C=O) groups excluding carboxylic acids is 4. The third-order valence-electron chi connectivity index (χ3n) is 10.5. The molecule has 2 N–H and O–H groups in total. The molecule has 3 aliphatic heterocycles. The van der Waals surface area contributed by atoms with Gasteiger partial charge in [-0.3, -0.25) is 14.5 Å². The van der Waals surface area contributed by atoms with Crippen molar-refractivity contribution in [3.05, 3.63) is 48.0 Å². The van der Waals surface area contributed by atoms with Crippen LogP contribution in [0, 0.1) is 0 Å². The highest BCUT2D eigenvalue weighted by Crippen LogP contribution is 2.41. The van der Waals surface area contributed by atoms with Gasteiger partial charge in [0.05, 0.1) is 11.4 Å². The molecule has 13 heteroatoms. The third-order valence-corrected chi connectivity index (χ3v) is 11.5. The van der Waals surface area contributed by atoms with Crippen LogP contribution >= 0.6 is 11.9 Å². The largest absolute Gasteiger partial charge is 0.444 e. The fourth-order valence-electron chi connectivity index (χ4n) is 7.59. The number of benzene rings is 2. The molecule has 0 aliphatic carbocycles. The van der Waals surface area contributed by atoms with E-state index in [9.17, 15) is 19.2 Å². The maximum absolute atomic E-state index is 12.8. The van der Waals surface area contributed by atoms with Crippen molar-refractivity contribution < 1.29 is 23.9 Å². The van der Waals surface area contributed by atoms with Gasteiger partial charge in [-0.1, -0.05) is 18.2 Å². The summed E-state index contributed by atoms with van der Waals surface area (Å²) in [7, 11) is 5.23. The Kier molecular flexibility index (Phi) is 13.5. The first kappa shape index (κ1) is 39.4. The van der Waals surface area contributed by atoms with Crippen LogP contribution in [0.15, 0.2) is 47.4 Å². The molecule has 0 saturated carbocycles. The van der Waals surface area contributed by atoms with Gasteiger partial charge in [0.25, 0.3) is 0 Å². The number of nitrogens with zero attached hydrogens (tertiary/aromatic N) is 5. The number of hydrogen-bond acceptors (Lipinski definition) is 10. The van der Waals surface area contributed by atoms with Crippen molar-refractivity contribution in [1.29, 1.82) is 0 Å². The van der Waals surface area contributed by atoms with Gasteiger partial charge < -0.3 is 34.9 Å². The Labute approximate surface area is 313 Å². The predicted octanol–water partition coefficient (Wildman–Crippen LogP) is 4.87. The van der Waals surface area contributed by atoms with Gasteiger partial charge in [-0.2, -0.15) is 0 Å². The van der Waals surface area contributed by atoms with Crippen LogP contribution in [-0.2, 0) is 19.1 Å². The molecule has 1 unspecified atom stereocenters. The molecule has 284 valence electrons. The Hall–Kier alpha value is -3.81. The van der Waals surface area contributed by atoms with E-state index in [0.717, 1.165) is 94.6 Å². The van der Waals surface area contributed by atoms with Crippen LogP contribution in [0.3, 0.4) is 0 Å². The quantitative estimate of drug-likeness (QED) is 0.206. The maximum Gasteiger partial charge on any atom is 0.407 e. The van der Waals surface area contributed by atoms with Gasteiger partial charge in [0.1, 0.15) is 17.9 Å². The number of hydrogen-bond donors (Lipinski definition) is 2. The molecular weight excluding hydrogens is 679 g/mol. The molecule has 2 aromatic carbocycles.